The number of allylic oxidation sites excluding steroid dienone is 9. The van der Waals surface area contributed by atoms with Crippen molar-refractivity contribution in [3.63, 3.8) is 0 Å². The summed E-state index contributed by atoms with van der Waals surface area (Å²) in [6, 6.07) is 46.6. The number of fused-ring (bicyclic) bond motifs is 2. The molecule has 4 nitrogen and oxygen atoms in total. The maximum Gasteiger partial charge on any atom is 0.160 e. The first-order chi connectivity index (χ1) is 28.7. The lowest BCUT2D eigenvalue weighted by Crippen LogP contribution is -2.04. The number of pyridine rings is 1. The molecule has 10 rings (SSSR count). The molecule has 0 saturated carbocycles. The van der Waals surface area contributed by atoms with E-state index in [-0.39, 0.29) is 5.92 Å². The van der Waals surface area contributed by atoms with Gasteiger partial charge in [0.25, 0.3) is 0 Å². The van der Waals surface area contributed by atoms with E-state index in [4.69, 9.17) is 15.0 Å². The highest BCUT2D eigenvalue weighted by molar-refractivity contribution is 6.11. The van der Waals surface area contributed by atoms with E-state index in [1.54, 1.807) is 0 Å². The molecule has 3 heterocycles. The van der Waals surface area contributed by atoms with Gasteiger partial charge >= 0.3 is 0 Å². The van der Waals surface area contributed by atoms with Crippen LogP contribution in [0.25, 0.3) is 66.3 Å². The highest BCUT2D eigenvalue weighted by atomic mass is 14.9. The minimum Gasteiger partial charge on any atom is -0.284 e. The smallest absolute Gasteiger partial charge is 0.160 e. The van der Waals surface area contributed by atoms with Gasteiger partial charge in [-0.2, -0.15) is 0 Å². The predicted octanol–water partition coefficient (Wildman–Crippen LogP) is 11.9. The number of hydrogen-bond acceptors (Lipinski definition) is 4. The molecule has 1 atom stereocenters. The predicted molar refractivity (Wildman–Crippen MR) is 237 cm³/mol. The van der Waals surface area contributed by atoms with Crippen LogP contribution in [0.5, 0.6) is 0 Å². The summed E-state index contributed by atoms with van der Waals surface area (Å²) in [7, 11) is 0. The molecule has 1 aliphatic heterocycles. The first-order valence-electron chi connectivity index (χ1n) is 19.5. The molecule has 0 amide bonds. The maximum atomic E-state index is 5.35. The van der Waals surface area contributed by atoms with Crippen LogP contribution in [0.2, 0.25) is 0 Å². The van der Waals surface area contributed by atoms with Gasteiger partial charge in [0.1, 0.15) is 0 Å². The average Bonchev–Trinajstić information content (AvgIpc) is 3.29. The first-order valence-corrected chi connectivity index (χ1v) is 19.5. The Bertz CT molecular complexity index is 3010. The van der Waals surface area contributed by atoms with Gasteiger partial charge in [-0.15, -0.1) is 0 Å². The molecule has 0 bridgehead atoms. The molecular weight excluding hydrogens is 705 g/mol. The third-order valence-electron chi connectivity index (χ3n) is 10.6. The molecule has 7 aromatic rings. The number of hydrogen-bond donors (Lipinski definition) is 0. The summed E-state index contributed by atoms with van der Waals surface area (Å²) in [6.45, 7) is 0.781. The van der Waals surface area contributed by atoms with Gasteiger partial charge in [0, 0.05) is 30.1 Å². The zero-order valence-corrected chi connectivity index (χ0v) is 31.6. The molecular formula is C54H34N4. The van der Waals surface area contributed by atoms with Gasteiger partial charge in [0.2, 0.25) is 0 Å². The Labute approximate surface area is 338 Å². The van der Waals surface area contributed by atoms with Gasteiger partial charge < -0.3 is 0 Å². The normalized spacial score (nSPS) is 17.1. The summed E-state index contributed by atoms with van der Waals surface area (Å²) in [4.78, 5) is 19.9. The number of nitrogens with zero attached hydrogens (tertiary/aromatic N) is 4. The van der Waals surface area contributed by atoms with Gasteiger partial charge in [0.05, 0.1) is 39.9 Å². The highest BCUT2D eigenvalue weighted by Gasteiger charge is 2.18. The van der Waals surface area contributed by atoms with Crippen LogP contribution in [0, 0.1) is 24.0 Å². The van der Waals surface area contributed by atoms with Gasteiger partial charge in [-0.05, 0) is 117 Å². The number of aromatic nitrogens is 3. The van der Waals surface area contributed by atoms with Crippen LogP contribution in [0.1, 0.15) is 35.8 Å². The van der Waals surface area contributed by atoms with Crippen molar-refractivity contribution in [2.24, 2.45) is 4.99 Å². The van der Waals surface area contributed by atoms with Crippen LogP contribution in [-0.2, 0) is 0 Å². The van der Waals surface area contributed by atoms with Gasteiger partial charge in [-0.3, -0.25) is 9.98 Å². The van der Waals surface area contributed by atoms with E-state index < -0.39 is 0 Å². The Kier molecular flexibility index (Phi) is 9.17. The number of benzene rings is 4. The molecule has 270 valence electrons. The summed E-state index contributed by atoms with van der Waals surface area (Å²) in [5.41, 5.74) is 18.1. The van der Waals surface area contributed by atoms with Crippen LogP contribution in [0.3, 0.4) is 0 Å². The quantitative estimate of drug-likeness (QED) is 0.121. The minimum atomic E-state index is -0.132. The van der Waals surface area contributed by atoms with Crippen LogP contribution in [0.4, 0.5) is 0 Å². The molecule has 2 aliphatic carbocycles. The third-order valence-corrected chi connectivity index (χ3v) is 10.6. The Balaban J connectivity index is 1.18. The number of rotatable bonds is 7. The van der Waals surface area contributed by atoms with Crippen LogP contribution in [0.15, 0.2) is 186 Å². The van der Waals surface area contributed by atoms with Crippen molar-refractivity contribution in [1.82, 2.24) is 15.0 Å². The monoisotopic (exact) mass is 738 g/mol. The van der Waals surface area contributed by atoms with E-state index in [1.165, 1.54) is 10.8 Å². The SMILES string of the molecule is C1=C=C(c2cc(C3=C/CC#CC(c4ccccn4)/C=C\3)nc(-c3cc(-c4cc#cc5ccccc45)cc(-c4cccc5ccccc45)c3)n2)C=CC=1C1=NCCC=C1. The van der Waals surface area contributed by atoms with Crippen molar-refractivity contribution in [2.75, 3.05) is 6.54 Å². The minimum absolute atomic E-state index is 0.132. The number of aliphatic imine (C=N–C) groups is 1. The van der Waals surface area contributed by atoms with Crippen LogP contribution >= 0.6 is 0 Å². The molecule has 0 fully saturated rings. The summed E-state index contributed by atoms with van der Waals surface area (Å²) < 4.78 is 0. The average molecular weight is 739 g/mol. The van der Waals surface area contributed by atoms with Gasteiger partial charge in [-0.1, -0.05) is 126 Å². The van der Waals surface area contributed by atoms with E-state index in [9.17, 15) is 0 Å². The Hall–Kier alpha value is -7.84. The van der Waals surface area contributed by atoms with Crippen molar-refractivity contribution in [2.45, 2.75) is 18.8 Å². The summed E-state index contributed by atoms with van der Waals surface area (Å²) in [6.07, 6.45) is 18.0. The fourth-order valence-corrected chi connectivity index (χ4v) is 7.67. The third kappa shape index (κ3) is 6.95. The molecule has 1 unspecified atom stereocenters. The number of dihydropyridines is 1. The van der Waals surface area contributed by atoms with E-state index in [1.807, 2.05) is 42.6 Å². The van der Waals surface area contributed by atoms with Gasteiger partial charge in [0.15, 0.2) is 5.82 Å². The molecule has 3 aliphatic rings. The van der Waals surface area contributed by atoms with E-state index in [0.717, 1.165) is 91.1 Å². The van der Waals surface area contributed by atoms with Gasteiger partial charge in [-0.25, -0.2) is 9.97 Å². The molecule has 58 heavy (non-hydrogen) atoms. The van der Waals surface area contributed by atoms with Crippen LogP contribution < -0.4 is 0 Å². The summed E-state index contributed by atoms with van der Waals surface area (Å²) in [5, 5.41) is 4.48. The second-order valence-electron chi connectivity index (χ2n) is 14.3. The standard InChI is InChI=1S/C54H34N4/c1-2-16-40(26-25-39(15-1)50-23-7-9-31-55-50)52-36-53(42-29-27-41(28-30-42)51-24-8-10-32-56-51)58-54(57-52)45-34-43(48-21-11-17-37-13-3-5-19-46(37)48)33-44(35-45)49-22-12-18-38-14-4-6-20-47(38)49/h3-9,11,13-14,16-17,19-27,29,31,33-36,39H,2,10,32H2/b26-25-,40-16+. The molecule has 2 aromatic heterocycles. The molecule has 0 N–H and O–H groups in total. The summed E-state index contributed by atoms with van der Waals surface area (Å²) >= 11 is 0. The van der Waals surface area contributed by atoms with Crippen molar-refractivity contribution in [3.8, 4) is 45.5 Å². The van der Waals surface area contributed by atoms with Crippen molar-refractivity contribution in [1.29, 1.82) is 0 Å². The molecule has 0 spiro atoms. The Morgan fingerprint density at radius 3 is 2.31 bits per heavy atom. The lowest BCUT2D eigenvalue weighted by Gasteiger charge is -2.15. The molecule has 5 aromatic carbocycles. The second-order valence-corrected chi connectivity index (χ2v) is 14.3. The van der Waals surface area contributed by atoms with E-state index in [2.05, 4.69) is 162 Å². The topological polar surface area (TPSA) is 51.0 Å². The highest BCUT2D eigenvalue weighted by Crippen LogP contribution is 2.38. The fraction of sp³-hybridized carbons (Fsp3) is 0.0741. The Morgan fingerprint density at radius 1 is 0.655 bits per heavy atom. The van der Waals surface area contributed by atoms with Crippen molar-refractivity contribution in [3.05, 3.63) is 210 Å². The van der Waals surface area contributed by atoms with E-state index in [0.29, 0.717) is 12.2 Å². The zero-order chi connectivity index (χ0) is 38.7. The second kappa shape index (κ2) is 15.4. The van der Waals surface area contributed by atoms with Crippen LogP contribution in [-0.4, -0.2) is 27.2 Å². The lowest BCUT2D eigenvalue weighted by atomic mass is 9.91. The zero-order valence-electron chi connectivity index (χ0n) is 31.6. The lowest BCUT2D eigenvalue weighted by molar-refractivity contribution is 0.994. The Morgan fingerprint density at radius 2 is 1.45 bits per heavy atom. The fourth-order valence-electron chi connectivity index (χ4n) is 7.67. The van der Waals surface area contributed by atoms with Crippen molar-refractivity contribution < 1.29 is 0 Å². The van der Waals surface area contributed by atoms with Crippen molar-refractivity contribution >= 4 is 38.4 Å². The van der Waals surface area contributed by atoms with E-state index >= 15 is 0 Å². The molecule has 4 heteroatoms. The molecule has 0 saturated heterocycles. The summed E-state index contributed by atoms with van der Waals surface area (Å²) in [5.74, 6) is 7.20. The largest absolute Gasteiger partial charge is 0.284 e. The maximum absolute atomic E-state index is 5.35. The first kappa shape index (κ1) is 34.6. The molecule has 0 radical (unpaired) electrons.